The molecule has 1 atom stereocenters. The van der Waals surface area contributed by atoms with Gasteiger partial charge >= 0.3 is 0 Å². The lowest BCUT2D eigenvalue weighted by atomic mass is 10.1. The third-order valence-electron chi connectivity index (χ3n) is 2.80. The van der Waals surface area contributed by atoms with E-state index in [-0.39, 0.29) is 0 Å². The molecule has 1 aliphatic carbocycles. The van der Waals surface area contributed by atoms with Crippen LogP contribution in [0, 0.1) is 5.41 Å². The van der Waals surface area contributed by atoms with Gasteiger partial charge in [0.1, 0.15) is 6.61 Å². The van der Waals surface area contributed by atoms with Crippen LogP contribution in [0.2, 0.25) is 0 Å². The quantitative estimate of drug-likeness (QED) is 0.737. The highest BCUT2D eigenvalue weighted by atomic mass is 16.5. The summed E-state index contributed by atoms with van der Waals surface area (Å²) in [6, 6.07) is 0. The molecule has 0 aliphatic heterocycles. The van der Waals surface area contributed by atoms with Crippen LogP contribution in [-0.2, 0) is 11.3 Å². The molecule has 1 aromatic rings. The van der Waals surface area contributed by atoms with E-state index in [0.717, 1.165) is 12.2 Å². The second-order valence-corrected chi connectivity index (χ2v) is 4.63. The molecular weight excluding hydrogens is 194 g/mol. The monoisotopic (exact) mass is 211 g/mol. The molecule has 0 amide bonds. The lowest BCUT2D eigenvalue weighted by Crippen LogP contribution is -2.08. The van der Waals surface area contributed by atoms with Gasteiger partial charge in [-0.2, -0.15) is 4.98 Å². The Hall–Kier alpha value is -0.940. The highest BCUT2D eigenvalue weighted by Gasteiger charge is 2.49. The number of nitrogens with two attached hydrogens (primary N) is 1. The minimum absolute atomic E-state index is 0.333. The van der Waals surface area contributed by atoms with Crippen molar-refractivity contribution in [3.63, 3.8) is 0 Å². The van der Waals surface area contributed by atoms with Crippen molar-refractivity contribution >= 4 is 0 Å². The molecule has 1 saturated carbocycles. The lowest BCUT2D eigenvalue weighted by molar-refractivity contribution is 0.104. The van der Waals surface area contributed by atoms with Crippen LogP contribution >= 0.6 is 0 Å². The molecule has 0 aromatic carbocycles. The fourth-order valence-corrected chi connectivity index (χ4v) is 1.62. The van der Waals surface area contributed by atoms with Gasteiger partial charge in [0.15, 0.2) is 5.82 Å². The first kappa shape index (κ1) is 10.6. The Labute approximate surface area is 89.0 Å². The van der Waals surface area contributed by atoms with Crippen molar-refractivity contribution in [3.05, 3.63) is 11.7 Å². The maximum absolute atomic E-state index is 5.30. The fraction of sp³-hybridized carbons (Fsp3) is 0.800. The van der Waals surface area contributed by atoms with Gasteiger partial charge in [-0.1, -0.05) is 19.0 Å². The van der Waals surface area contributed by atoms with Crippen LogP contribution in [0.4, 0.5) is 0 Å². The molecule has 84 valence electrons. The van der Waals surface area contributed by atoms with Gasteiger partial charge in [0.2, 0.25) is 0 Å². The summed E-state index contributed by atoms with van der Waals surface area (Å²) < 4.78 is 10.3. The summed E-state index contributed by atoms with van der Waals surface area (Å²) in [6.45, 7) is 5.80. The first-order valence-corrected chi connectivity index (χ1v) is 5.24. The molecular formula is C10H17N3O2. The summed E-state index contributed by atoms with van der Waals surface area (Å²) in [5, 5.41) is 3.96. The first-order chi connectivity index (χ1) is 7.13. The van der Waals surface area contributed by atoms with Gasteiger partial charge in [-0.05, 0) is 11.8 Å². The van der Waals surface area contributed by atoms with Crippen LogP contribution in [0.5, 0.6) is 0 Å². The van der Waals surface area contributed by atoms with Crippen LogP contribution in [0.1, 0.15) is 37.9 Å². The summed E-state index contributed by atoms with van der Waals surface area (Å²) >= 11 is 0. The number of hydrogen-bond donors (Lipinski definition) is 1. The molecule has 2 N–H and O–H groups in total. The van der Waals surface area contributed by atoms with Gasteiger partial charge in [-0.25, -0.2) is 0 Å². The van der Waals surface area contributed by atoms with Gasteiger partial charge < -0.3 is 15.0 Å². The maximum atomic E-state index is 5.30. The summed E-state index contributed by atoms with van der Waals surface area (Å²) in [5.74, 6) is 1.80. The molecule has 1 fully saturated rings. The molecule has 0 radical (unpaired) electrons. The van der Waals surface area contributed by atoms with Crippen LogP contribution in [-0.4, -0.2) is 23.3 Å². The Kier molecular flexibility index (Phi) is 2.75. The minimum atomic E-state index is 0.333. The van der Waals surface area contributed by atoms with E-state index in [1.807, 2.05) is 0 Å². The molecule has 0 bridgehead atoms. The number of ether oxygens (including phenoxy) is 1. The Morgan fingerprint density at radius 1 is 1.60 bits per heavy atom. The molecule has 5 nitrogen and oxygen atoms in total. The summed E-state index contributed by atoms with van der Waals surface area (Å²) in [7, 11) is 0. The average molecular weight is 211 g/mol. The number of nitrogens with zero attached hydrogens (tertiary/aromatic N) is 2. The average Bonchev–Trinajstić information content (AvgIpc) is 2.64. The topological polar surface area (TPSA) is 74.2 Å². The molecule has 15 heavy (non-hydrogen) atoms. The molecule has 0 spiro atoms. The van der Waals surface area contributed by atoms with Crippen molar-refractivity contribution in [1.29, 1.82) is 0 Å². The third kappa shape index (κ3) is 2.35. The summed E-state index contributed by atoms with van der Waals surface area (Å²) in [6.07, 6.45) is 1.13. The van der Waals surface area contributed by atoms with Gasteiger partial charge in [0.25, 0.3) is 5.89 Å². The van der Waals surface area contributed by atoms with Crippen LogP contribution in [0.25, 0.3) is 0 Å². The van der Waals surface area contributed by atoms with Crippen molar-refractivity contribution in [3.8, 4) is 0 Å². The molecule has 2 rings (SSSR count). The van der Waals surface area contributed by atoms with Crippen molar-refractivity contribution in [2.45, 2.75) is 32.8 Å². The van der Waals surface area contributed by atoms with E-state index < -0.39 is 0 Å². The molecule has 5 heteroatoms. The predicted molar refractivity (Wildman–Crippen MR) is 54.1 cm³/mol. The lowest BCUT2D eigenvalue weighted by Gasteiger charge is -1.96. The minimum Gasteiger partial charge on any atom is -0.370 e. The van der Waals surface area contributed by atoms with Crippen LogP contribution in [0.15, 0.2) is 4.52 Å². The standard InChI is InChI=1S/C10H17N3O2/c1-10(2)5-7(10)9-12-8(15-13-9)6-14-4-3-11/h7H,3-6,11H2,1-2H3. The van der Waals surface area contributed by atoms with Crippen molar-refractivity contribution < 1.29 is 9.26 Å². The van der Waals surface area contributed by atoms with E-state index >= 15 is 0 Å². The number of hydrogen-bond acceptors (Lipinski definition) is 5. The van der Waals surface area contributed by atoms with Crippen molar-refractivity contribution in [2.75, 3.05) is 13.2 Å². The zero-order valence-corrected chi connectivity index (χ0v) is 9.19. The smallest absolute Gasteiger partial charge is 0.252 e. The van der Waals surface area contributed by atoms with E-state index in [4.69, 9.17) is 15.0 Å². The third-order valence-corrected chi connectivity index (χ3v) is 2.80. The second-order valence-electron chi connectivity index (χ2n) is 4.63. The predicted octanol–water partition coefficient (Wildman–Crippen LogP) is 1.06. The van der Waals surface area contributed by atoms with Gasteiger partial charge in [-0.15, -0.1) is 0 Å². The van der Waals surface area contributed by atoms with E-state index in [1.165, 1.54) is 0 Å². The maximum Gasteiger partial charge on any atom is 0.252 e. The van der Waals surface area contributed by atoms with Crippen LogP contribution in [0.3, 0.4) is 0 Å². The second kappa shape index (κ2) is 3.90. The first-order valence-electron chi connectivity index (χ1n) is 5.24. The summed E-state index contributed by atoms with van der Waals surface area (Å²) in [5.41, 5.74) is 5.63. The summed E-state index contributed by atoms with van der Waals surface area (Å²) in [4.78, 5) is 4.30. The van der Waals surface area contributed by atoms with E-state index in [2.05, 4.69) is 24.0 Å². The molecule has 1 unspecified atom stereocenters. The Bertz CT molecular complexity index is 335. The normalized spacial score (nSPS) is 23.0. The van der Waals surface area contributed by atoms with E-state index in [1.54, 1.807) is 0 Å². The molecule has 0 saturated heterocycles. The molecule has 1 aromatic heterocycles. The van der Waals surface area contributed by atoms with E-state index in [9.17, 15) is 0 Å². The van der Waals surface area contributed by atoms with Crippen molar-refractivity contribution in [2.24, 2.45) is 11.1 Å². The van der Waals surface area contributed by atoms with Gasteiger partial charge in [0.05, 0.1) is 6.61 Å². The number of aromatic nitrogens is 2. The zero-order valence-electron chi connectivity index (χ0n) is 9.19. The van der Waals surface area contributed by atoms with Crippen molar-refractivity contribution in [1.82, 2.24) is 10.1 Å². The zero-order chi connectivity index (χ0) is 10.9. The fourth-order valence-electron chi connectivity index (χ4n) is 1.62. The van der Waals surface area contributed by atoms with E-state index in [0.29, 0.717) is 37.0 Å². The van der Waals surface area contributed by atoms with Gasteiger partial charge in [-0.3, -0.25) is 0 Å². The SMILES string of the molecule is CC1(C)CC1c1noc(COCCN)n1. The largest absolute Gasteiger partial charge is 0.370 e. The Balaban J connectivity index is 1.88. The highest BCUT2D eigenvalue weighted by molar-refractivity contribution is 5.14. The molecule has 1 heterocycles. The highest BCUT2D eigenvalue weighted by Crippen LogP contribution is 2.57. The van der Waals surface area contributed by atoms with Crippen LogP contribution < -0.4 is 5.73 Å². The Morgan fingerprint density at radius 2 is 2.33 bits per heavy atom. The van der Waals surface area contributed by atoms with Gasteiger partial charge in [0, 0.05) is 12.5 Å². The Morgan fingerprint density at radius 3 is 2.93 bits per heavy atom. The molecule has 1 aliphatic rings. The number of rotatable bonds is 5.